The lowest BCUT2D eigenvalue weighted by molar-refractivity contribution is -0.138. The summed E-state index contributed by atoms with van der Waals surface area (Å²) in [6.07, 6.45) is -0.306. The van der Waals surface area contributed by atoms with E-state index < -0.39 is 0 Å². The molecule has 1 aromatic rings. The molecule has 0 aromatic heterocycles. The minimum absolute atomic E-state index is 0.0141. The second-order valence-electron chi connectivity index (χ2n) is 5.44. The van der Waals surface area contributed by atoms with Gasteiger partial charge < -0.3 is 15.4 Å². The van der Waals surface area contributed by atoms with Crippen LogP contribution in [0.5, 0.6) is 0 Å². The highest BCUT2D eigenvalue weighted by molar-refractivity contribution is 5.95. The molecule has 2 amide bonds. The summed E-state index contributed by atoms with van der Waals surface area (Å²) in [4.78, 5) is 25.4. The molecule has 0 spiro atoms. The molecule has 0 unspecified atom stereocenters. The lowest BCUT2D eigenvalue weighted by atomic mass is 10.1. The molecule has 2 aliphatic heterocycles. The van der Waals surface area contributed by atoms with Gasteiger partial charge in [-0.3, -0.25) is 9.59 Å². The first-order valence-corrected chi connectivity index (χ1v) is 6.48. The van der Waals surface area contributed by atoms with Crippen LogP contribution < -0.4 is 5.73 Å². The molecule has 98 valence electrons. The van der Waals surface area contributed by atoms with Crippen molar-refractivity contribution in [2.75, 3.05) is 6.61 Å². The van der Waals surface area contributed by atoms with Gasteiger partial charge in [0.25, 0.3) is 0 Å². The number of hydrogen-bond acceptors (Lipinski definition) is 3. The molecule has 5 heteroatoms. The predicted molar refractivity (Wildman–Crippen MR) is 65.4 cm³/mol. The normalized spacial score (nSPS) is 39.1. The van der Waals surface area contributed by atoms with Crippen LogP contribution in [0, 0.1) is 17.8 Å². The van der Waals surface area contributed by atoms with E-state index in [-0.39, 0.29) is 41.8 Å². The Morgan fingerprint density at radius 2 is 2.05 bits per heavy atom. The second kappa shape index (κ2) is 3.57. The summed E-state index contributed by atoms with van der Waals surface area (Å²) in [5.74, 6) is -0.737. The Balaban J connectivity index is 1.63. The van der Waals surface area contributed by atoms with E-state index in [9.17, 15) is 9.59 Å². The van der Waals surface area contributed by atoms with Crippen LogP contribution in [0.4, 0.5) is 0 Å². The number of benzene rings is 1. The van der Waals surface area contributed by atoms with Crippen molar-refractivity contribution >= 4 is 11.8 Å². The third-order valence-electron chi connectivity index (χ3n) is 4.51. The summed E-state index contributed by atoms with van der Waals surface area (Å²) in [7, 11) is 0. The number of amides is 2. The fourth-order valence-corrected chi connectivity index (χ4v) is 3.64. The van der Waals surface area contributed by atoms with Crippen LogP contribution in [0.15, 0.2) is 30.3 Å². The zero-order chi connectivity index (χ0) is 13.1. The summed E-state index contributed by atoms with van der Waals surface area (Å²) in [6.45, 7) is 0.496. The van der Waals surface area contributed by atoms with E-state index in [0.717, 1.165) is 5.56 Å². The topological polar surface area (TPSA) is 72.6 Å². The molecule has 4 rings (SSSR count). The molecule has 1 saturated carbocycles. The molecule has 2 N–H and O–H groups in total. The van der Waals surface area contributed by atoms with Crippen LogP contribution >= 0.6 is 0 Å². The van der Waals surface area contributed by atoms with Gasteiger partial charge in [0, 0.05) is 11.5 Å². The minimum Gasteiger partial charge on any atom is -0.369 e. The molecule has 1 aliphatic carbocycles. The molecule has 0 bridgehead atoms. The number of carbonyl (C=O) groups is 2. The van der Waals surface area contributed by atoms with Gasteiger partial charge >= 0.3 is 0 Å². The second-order valence-corrected chi connectivity index (χ2v) is 5.44. The summed E-state index contributed by atoms with van der Waals surface area (Å²) in [5.41, 5.74) is 6.31. The number of ether oxygens (including phenoxy) is 1. The number of fused-ring (bicyclic) bond motifs is 3. The molecular formula is C14H14N2O3. The molecule has 3 aliphatic rings. The average molecular weight is 258 g/mol. The summed E-state index contributed by atoms with van der Waals surface area (Å²) >= 11 is 0. The smallest absolute Gasteiger partial charge is 0.229 e. The number of rotatable bonds is 2. The molecule has 0 radical (unpaired) electrons. The van der Waals surface area contributed by atoms with Gasteiger partial charge in [0.05, 0.1) is 24.5 Å². The zero-order valence-corrected chi connectivity index (χ0v) is 10.2. The largest absolute Gasteiger partial charge is 0.369 e. The first-order chi connectivity index (χ1) is 9.20. The summed E-state index contributed by atoms with van der Waals surface area (Å²) in [5, 5.41) is 0. The maximum atomic E-state index is 12.4. The van der Waals surface area contributed by atoms with Crippen LogP contribution in [0.25, 0.3) is 0 Å². The van der Waals surface area contributed by atoms with E-state index in [2.05, 4.69) is 0 Å². The zero-order valence-electron chi connectivity index (χ0n) is 10.2. The quantitative estimate of drug-likeness (QED) is 0.827. The van der Waals surface area contributed by atoms with E-state index in [0.29, 0.717) is 6.61 Å². The van der Waals surface area contributed by atoms with Gasteiger partial charge in [-0.1, -0.05) is 30.3 Å². The third kappa shape index (κ3) is 1.33. The van der Waals surface area contributed by atoms with Crippen LogP contribution in [-0.4, -0.2) is 29.4 Å². The van der Waals surface area contributed by atoms with E-state index >= 15 is 0 Å². The Hall–Kier alpha value is -1.88. The van der Waals surface area contributed by atoms with E-state index in [1.54, 1.807) is 4.90 Å². The SMILES string of the molecule is NC(=O)[C@@H]1[C@H]2C(=O)N3[C@@H](c4ccccc4)OC[C@@H]3[C@@H]12. The summed E-state index contributed by atoms with van der Waals surface area (Å²) < 4.78 is 5.75. The predicted octanol–water partition coefficient (Wildman–Crippen LogP) is 0.274. The van der Waals surface area contributed by atoms with Gasteiger partial charge in [-0.05, 0) is 0 Å². The molecule has 2 heterocycles. The molecule has 5 atom stereocenters. The average Bonchev–Trinajstić information content (AvgIpc) is 2.90. The van der Waals surface area contributed by atoms with Crippen molar-refractivity contribution in [1.82, 2.24) is 4.90 Å². The van der Waals surface area contributed by atoms with Crippen LogP contribution in [0.1, 0.15) is 11.8 Å². The molecule has 2 saturated heterocycles. The number of nitrogens with two attached hydrogens (primary N) is 1. The van der Waals surface area contributed by atoms with Gasteiger partial charge in [-0.25, -0.2) is 0 Å². The fourth-order valence-electron chi connectivity index (χ4n) is 3.64. The number of nitrogens with zero attached hydrogens (tertiary/aromatic N) is 1. The molecule has 1 aromatic carbocycles. The van der Waals surface area contributed by atoms with Gasteiger partial charge in [0.2, 0.25) is 11.8 Å². The van der Waals surface area contributed by atoms with Crippen molar-refractivity contribution in [3.05, 3.63) is 35.9 Å². The highest BCUT2D eigenvalue weighted by atomic mass is 16.5. The van der Waals surface area contributed by atoms with Crippen molar-refractivity contribution in [2.24, 2.45) is 23.5 Å². The van der Waals surface area contributed by atoms with Crippen molar-refractivity contribution in [3.63, 3.8) is 0 Å². The van der Waals surface area contributed by atoms with Crippen molar-refractivity contribution < 1.29 is 14.3 Å². The molecular weight excluding hydrogens is 244 g/mol. The summed E-state index contributed by atoms with van der Waals surface area (Å²) in [6, 6.07) is 9.72. The van der Waals surface area contributed by atoms with Crippen LogP contribution in [0.3, 0.4) is 0 Å². The first kappa shape index (κ1) is 11.0. The van der Waals surface area contributed by atoms with Gasteiger partial charge in [0.1, 0.15) is 0 Å². The number of piperidine rings is 1. The van der Waals surface area contributed by atoms with E-state index in [4.69, 9.17) is 10.5 Å². The molecule has 19 heavy (non-hydrogen) atoms. The minimum atomic E-state index is -0.355. The fraction of sp³-hybridized carbons (Fsp3) is 0.429. The van der Waals surface area contributed by atoms with Gasteiger partial charge in [-0.15, -0.1) is 0 Å². The van der Waals surface area contributed by atoms with Gasteiger partial charge in [0.15, 0.2) is 6.23 Å². The van der Waals surface area contributed by atoms with Crippen molar-refractivity contribution in [2.45, 2.75) is 12.3 Å². The van der Waals surface area contributed by atoms with E-state index in [1.807, 2.05) is 30.3 Å². The van der Waals surface area contributed by atoms with Crippen molar-refractivity contribution in [3.8, 4) is 0 Å². The maximum absolute atomic E-state index is 12.4. The highest BCUT2D eigenvalue weighted by Crippen LogP contribution is 2.59. The lowest BCUT2D eigenvalue weighted by Gasteiger charge is -2.25. The number of carbonyl (C=O) groups excluding carboxylic acids is 2. The molecule has 5 nitrogen and oxygen atoms in total. The monoisotopic (exact) mass is 258 g/mol. The maximum Gasteiger partial charge on any atom is 0.229 e. The third-order valence-corrected chi connectivity index (χ3v) is 4.51. The Morgan fingerprint density at radius 3 is 2.74 bits per heavy atom. The number of primary amides is 1. The Kier molecular flexibility index (Phi) is 2.07. The van der Waals surface area contributed by atoms with Crippen LogP contribution in [0.2, 0.25) is 0 Å². The standard InChI is InChI=1S/C14H14N2O3/c15-12(17)10-9-8-6-19-14(7-4-2-1-3-5-7)16(8)13(18)11(9)10/h1-5,8-11,14H,6H2,(H2,15,17)/t8-,9+,10+,11+,14-/m1/s1. The van der Waals surface area contributed by atoms with E-state index in [1.165, 1.54) is 0 Å². The highest BCUT2D eigenvalue weighted by Gasteiger charge is 2.71. The van der Waals surface area contributed by atoms with Crippen molar-refractivity contribution in [1.29, 1.82) is 0 Å². The van der Waals surface area contributed by atoms with Gasteiger partial charge in [-0.2, -0.15) is 0 Å². The first-order valence-electron chi connectivity index (χ1n) is 6.48. The lowest BCUT2D eigenvalue weighted by Crippen LogP contribution is -2.38. The Labute approximate surface area is 110 Å². The Bertz CT molecular complexity index is 559. The molecule has 3 fully saturated rings. The Morgan fingerprint density at radius 1 is 1.32 bits per heavy atom. The number of hydrogen-bond donors (Lipinski definition) is 1. The van der Waals surface area contributed by atoms with Crippen LogP contribution in [-0.2, 0) is 14.3 Å².